The Morgan fingerprint density at radius 1 is 1.05 bits per heavy atom. The van der Waals surface area contributed by atoms with E-state index < -0.39 is 9.84 Å². The third kappa shape index (κ3) is 6.53. The van der Waals surface area contributed by atoms with E-state index in [1.54, 1.807) is 24.3 Å². The van der Waals surface area contributed by atoms with Gasteiger partial charge < -0.3 is 19.9 Å². The number of carbonyl (C=O) groups excluding carboxylic acids is 2. The van der Waals surface area contributed by atoms with E-state index in [1.807, 2.05) is 23.1 Å². The van der Waals surface area contributed by atoms with Crippen molar-refractivity contribution in [3.63, 3.8) is 0 Å². The first-order valence-electron chi connectivity index (χ1n) is 14.0. The van der Waals surface area contributed by atoms with Crippen molar-refractivity contribution in [1.82, 2.24) is 15.1 Å². The van der Waals surface area contributed by atoms with Gasteiger partial charge in [-0.2, -0.15) is 0 Å². The maximum Gasteiger partial charge on any atom is 0.229 e. The summed E-state index contributed by atoms with van der Waals surface area (Å²) < 4.78 is 28.9. The van der Waals surface area contributed by atoms with Gasteiger partial charge in [0.1, 0.15) is 0 Å². The summed E-state index contributed by atoms with van der Waals surface area (Å²) in [5.41, 5.74) is 1.77. The van der Waals surface area contributed by atoms with Crippen LogP contribution >= 0.6 is 0 Å². The quantitative estimate of drug-likeness (QED) is 0.513. The Balaban J connectivity index is 1.14. The lowest BCUT2D eigenvalue weighted by Gasteiger charge is -2.38. The van der Waals surface area contributed by atoms with E-state index in [9.17, 15) is 18.0 Å². The lowest BCUT2D eigenvalue weighted by atomic mass is 9.77. The molecule has 3 heterocycles. The minimum atomic E-state index is -3.23. The van der Waals surface area contributed by atoms with Crippen molar-refractivity contribution in [2.24, 2.45) is 11.3 Å². The maximum atomic E-state index is 13.5. The average molecular weight is 554 g/mol. The van der Waals surface area contributed by atoms with Crippen molar-refractivity contribution in [1.29, 1.82) is 0 Å². The third-order valence-electron chi connectivity index (χ3n) is 8.69. The predicted octanol–water partition coefficient (Wildman–Crippen LogP) is 3.19. The highest BCUT2D eigenvalue weighted by molar-refractivity contribution is 7.90. The molecule has 2 amide bonds. The van der Waals surface area contributed by atoms with E-state index in [4.69, 9.17) is 4.74 Å². The third-order valence-corrected chi connectivity index (χ3v) is 9.82. The molecule has 2 atom stereocenters. The smallest absolute Gasteiger partial charge is 0.229 e. The first-order valence-corrected chi connectivity index (χ1v) is 15.9. The van der Waals surface area contributed by atoms with Crippen molar-refractivity contribution >= 4 is 21.7 Å². The van der Waals surface area contributed by atoms with Gasteiger partial charge in [-0.3, -0.25) is 9.59 Å². The standard InChI is InChI=1S/C30H39N3O5S/c1-39(36,37)26-9-7-23(8-10-26)21-33-19-15-30(29(33)35)13-17-32(18-14-30)16-11-27(24-5-3-2-4-6-24)31-28(34)25-12-20-38-22-25/h2-10,25,27H,11-22H2,1H3,(H,31,34)/t25?,27-/m0/s1. The minimum absolute atomic E-state index is 0.0483. The zero-order chi connectivity index (χ0) is 27.5. The fraction of sp³-hybridized carbons (Fsp3) is 0.533. The van der Waals surface area contributed by atoms with Gasteiger partial charge in [-0.05, 0) is 68.5 Å². The van der Waals surface area contributed by atoms with Gasteiger partial charge in [-0.25, -0.2) is 8.42 Å². The molecule has 3 aliphatic heterocycles. The molecule has 0 aliphatic carbocycles. The van der Waals surface area contributed by atoms with Crippen LogP contribution in [0.2, 0.25) is 0 Å². The van der Waals surface area contributed by atoms with Crippen LogP contribution in [0.15, 0.2) is 59.5 Å². The van der Waals surface area contributed by atoms with E-state index in [2.05, 4.69) is 22.3 Å². The van der Waals surface area contributed by atoms with E-state index in [0.717, 1.165) is 69.4 Å². The second-order valence-electron chi connectivity index (χ2n) is 11.3. The highest BCUT2D eigenvalue weighted by Gasteiger charge is 2.47. The van der Waals surface area contributed by atoms with E-state index in [1.165, 1.54) is 6.26 Å². The number of hydrogen-bond acceptors (Lipinski definition) is 6. The molecule has 3 fully saturated rings. The van der Waals surface area contributed by atoms with Crippen LogP contribution in [0, 0.1) is 11.3 Å². The Morgan fingerprint density at radius 2 is 1.74 bits per heavy atom. The molecule has 1 unspecified atom stereocenters. The second-order valence-corrected chi connectivity index (χ2v) is 13.4. The maximum absolute atomic E-state index is 13.5. The highest BCUT2D eigenvalue weighted by atomic mass is 32.2. The van der Waals surface area contributed by atoms with E-state index >= 15 is 0 Å². The van der Waals surface area contributed by atoms with Crippen LogP contribution in [0.1, 0.15) is 49.3 Å². The zero-order valence-electron chi connectivity index (χ0n) is 22.7. The summed E-state index contributed by atoms with van der Waals surface area (Å²) in [5, 5.41) is 3.27. The fourth-order valence-electron chi connectivity index (χ4n) is 6.12. The van der Waals surface area contributed by atoms with Gasteiger partial charge in [0, 0.05) is 32.5 Å². The molecule has 3 saturated heterocycles. The summed E-state index contributed by atoms with van der Waals surface area (Å²) in [6.07, 6.45) is 5.35. The second kappa shape index (κ2) is 11.8. The summed E-state index contributed by atoms with van der Waals surface area (Å²) in [6, 6.07) is 16.9. The van der Waals surface area contributed by atoms with Crippen molar-refractivity contribution in [3.8, 4) is 0 Å². The van der Waals surface area contributed by atoms with Crippen LogP contribution in [-0.2, 0) is 30.7 Å². The van der Waals surface area contributed by atoms with Gasteiger partial charge in [0.2, 0.25) is 11.8 Å². The van der Waals surface area contributed by atoms with Gasteiger partial charge in [0.15, 0.2) is 9.84 Å². The summed E-state index contributed by atoms with van der Waals surface area (Å²) in [4.78, 5) is 31.0. The lowest BCUT2D eigenvalue weighted by molar-refractivity contribution is -0.139. The monoisotopic (exact) mass is 553 g/mol. The molecule has 1 spiro atoms. The molecule has 2 aromatic rings. The number of carbonyl (C=O) groups is 2. The van der Waals surface area contributed by atoms with Crippen LogP contribution in [-0.4, -0.2) is 75.7 Å². The Kier molecular flexibility index (Phi) is 8.40. The van der Waals surface area contributed by atoms with Crippen LogP contribution in [0.4, 0.5) is 0 Å². The minimum Gasteiger partial charge on any atom is -0.381 e. The van der Waals surface area contributed by atoms with Gasteiger partial charge in [-0.1, -0.05) is 42.5 Å². The molecule has 5 rings (SSSR count). The van der Waals surface area contributed by atoms with Gasteiger partial charge in [0.25, 0.3) is 0 Å². The van der Waals surface area contributed by atoms with Crippen LogP contribution < -0.4 is 5.32 Å². The zero-order valence-corrected chi connectivity index (χ0v) is 23.5. The summed E-state index contributed by atoms with van der Waals surface area (Å²) >= 11 is 0. The number of sulfone groups is 1. The van der Waals surface area contributed by atoms with Crippen molar-refractivity contribution in [2.45, 2.75) is 49.6 Å². The Morgan fingerprint density at radius 3 is 2.38 bits per heavy atom. The van der Waals surface area contributed by atoms with Crippen molar-refractivity contribution in [2.75, 3.05) is 45.6 Å². The largest absolute Gasteiger partial charge is 0.381 e. The Bertz CT molecular complexity index is 1250. The number of benzene rings is 2. The average Bonchev–Trinajstić information content (AvgIpc) is 3.58. The fourth-order valence-corrected chi connectivity index (χ4v) is 6.76. The van der Waals surface area contributed by atoms with E-state index in [0.29, 0.717) is 24.7 Å². The molecule has 2 aromatic carbocycles. The molecule has 3 aliphatic rings. The lowest BCUT2D eigenvalue weighted by Crippen LogP contribution is -2.45. The Labute approximate surface area is 231 Å². The predicted molar refractivity (Wildman–Crippen MR) is 149 cm³/mol. The Hall–Kier alpha value is -2.75. The molecule has 0 saturated carbocycles. The number of nitrogens with one attached hydrogen (secondary N) is 1. The molecule has 0 bridgehead atoms. The highest BCUT2D eigenvalue weighted by Crippen LogP contribution is 2.42. The van der Waals surface area contributed by atoms with Gasteiger partial charge in [0.05, 0.1) is 28.9 Å². The molecule has 210 valence electrons. The SMILES string of the molecule is CS(=O)(=O)c1ccc(CN2CCC3(CCN(CC[C@H](NC(=O)C4CCOC4)c4ccccc4)CC3)C2=O)cc1. The molecule has 0 radical (unpaired) electrons. The number of nitrogens with zero attached hydrogens (tertiary/aromatic N) is 2. The van der Waals surface area contributed by atoms with Crippen molar-refractivity contribution in [3.05, 3.63) is 65.7 Å². The van der Waals surface area contributed by atoms with Crippen molar-refractivity contribution < 1.29 is 22.7 Å². The molecular weight excluding hydrogens is 514 g/mol. The normalized spacial score (nSPS) is 22.3. The van der Waals surface area contributed by atoms with Crippen LogP contribution in [0.3, 0.4) is 0 Å². The molecule has 8 nitrogen and oxygen atoms in total. The topological polar surface area (TPSA) is 96.0 Å². The molecule has 9 heteroatoms. The molecule has 0 aromatic heterocycles. The first kappa shape index (κ1) is 27.8. The van der Waals surface area contributed by atoms with Gasteiger partial charge in [-0.15, -0.1) is 0 Å². The number of hydrogen-bond donors (Lipinski definition) is 1. The molecular formula is C30H39N3O5S. The first-order chi connectivity index (χ1) is 18.7. The molecule has 1 N–H and O–H groups in total. The number of ether oxygens (including phenoxy) is 1. The summed E-state index contributed by atoms with van der Waals surface area (Å²) in [6.45, 7) is 5.00. The van der Waals surface area contributed by atoms with E-state index in [-0.39, 0.29) is 29.2 Å². The van der Waals surface area contributed by atoms with Crippen LogP contribution in [0.25, 0.3) is 0 Å². The number of piperidine rings is 1. The summed E-state index contributed by atoms with van der Waals surface area (Å²) in [5.74, 6) is 0.226. The van der Waals surface area contributed by atoms with Gasteiger partial charge >= 0.3 is 0 Å². The number of likely N-dealkylation sites (tertiary alicyclic amines) is 2. The molecule has 39 heavy (non-hydrogen) atoms. The number of rotatable bonds is 9. The summed E-state index contributed by atoms with van der Waals surface area (Å²) in [7, 11) is -3.23. The van der Waals surface area contributed by atoms with Crippen LogP contribution in [0.5, 0.6) is 0 Å². The number of amides is 2.